The lowest BCUT2D eigenvalue weighted by atomic mass is 10.1. The molecule has 1 unspecified atom stereocenters. The zero-order valence-corrected chi connectivity index (χ0v) is 9.49. The summed E-state index contributed by atoms with van der Waals surface area (Å²) in [5.41, 5.74) is 0.872. The van der Waals surface area contributed by atoms with Gasteiger partial charge in [0, 0.05) is 16.5 Å². The summed E-state index contributed by atoms with van der Waals surface area (Å²) in [7, 11) is 1.58. The molecule has 0 spiro atoms. The summed E-state index contributed by atoms with van der Waals surface area (Å²) in [5, 5.41) is 18.1. The van der Waals surface area contributed by atoms with Crippen LogP contribution in [0.3, 0.4) is 0 Å². The summed E-state index contributed by atoms with van der Waals surface area (Å²) in [6, 6.07) is 5.56. The van der Waals surface area contributed by atoms with Gasteiger partial charge in [-0.3, -0.25) is 0 Å². The van der Waals surface area contributed by atoms with Gasteiger partial charge in [-0.1, -0.05) is 22.0 Å². The number of rotatable bonds is 4. The van der Waals surface area contributed by atoms with Gasteiger partial charge in [0.05, 0.1) is 19.8 Å². The average molecular weight is 261 g/mol. The maximum atomic E-state index is 9.33. The van der Waals surface area contributed by atoms with Crippen molar-refractivity contribution < 1.29 is 14.9 Å². The topological polar surface area (TPSA) is 49.7 Å². The Labute approximate surface area is 91.5 Å². The molecule has 0 aliphatic carbocycles. The number of hydrogen-bond donors (Lipinski definition) is 2. The molecule has 0 fully saturated rings. The van der Waals surface area contributed by atoms with Gasteiger partial charge in [-0.05, 0) is 12.1 Å². The molecule has 0 saturated heterocycles. The number of methoxy groups -OCH3 is 1. The Bertz CT molecular complexity index is 301. The standard InChI is InChI=1S/C10H13BrO3/c1-14-10-4-2-3-9(11)8(10)5-7(13)6-12/h2-4,7,12-13H,5-6H2,1H3. The molecule has 0 amide bonds. The minimum atomic E-state index is -0.748. The molecule has 78 valence electrons. The highest BCUT2D eigenvalue weighted by Crippen LogP contribution is 2.27. The minimum Gasteiger partial charge on any atom is -0.496 e. The molecule has 0 aromatic heterocycles. The average Bonchev–Trinajstić information content (AvgIpc) is 2.20. The van der Waals surface area contributed by atoms with Crippen molar-refractivity contribution in [3.63, 3.8) is 0 Å². The van der Waals surface area contributed by atoms with E-state index in [2.05, 4.69) is 15.9 Å². The van der Waals surface area contributed by atoms with E-state index < -0.39 is 6.10 Å². The maximum absolute atomic E-state index is 9.33. The van der Waals surface area contributed by atoms with Crippen molar-refractivity contribution in [2.24, 2.45) is 0 Å². The van der Waals surface area contributed by atoms with Crippen LogP contribution in [0.4, 0.5) is 0 Å². The number of halogens is 1. The Balaban J connectivity index is 2.92. The van der Waals surface area contributed by atoms with Gasteiger partial charge >= 0.3 is 0 Å². The molecule has 14 heavy (non-hydrogen) atoms. The highest BCUT2D eigenvalue weighted by molar-refractivity contribution is 9.10. The Kier molecular flexibility index (Phi) is 4.38. The van der Waals surface area contributed by atoms with Gasteiger partial charge in [0.1, 0.15) is 5.75 Å². The van der Waals surface area contributed by atoms with E-state index in [1.807, 2.05) is 18.2 Å². The Morgan fingerprint density at radius 1 is 1.50 bits per heavy atom. The van der Waals surface area contributed by atoms with Crippen molar-refractivity contribution in [1.29, 1.82) is 0 Å². The minimum absolute atomic E-state index is 0.246. The van der Waals surface area contributed by atoms with Gasteiger partial charge in [-0.2, -0.15) is 0 Å². The van der Waals surface area contributed by atoms with Gasteiger partial charge in [-0.15, -0.1) is 0 Å². The van der Waals surface area contributed by atoms with Crippen molar-refractivity contribution in [1.82, 2.24) is 0 Å². The molecule has 0 saturated carbocycles. The molecular weight excluding hydrogens is 248 g/mol. The molecule has 4 heteroatoms. The second kappa shape index (κ2) is 5.34. The fourth-order valence-electron chi connectivity index (χ4n) is 1.23. The first kappa shape index (κ1) is 11.5. The Morgan fingerprint density at radius 2 is 2.21 bits per heavy atom. The second-order valence-corrected chi connectivity index (χ2v) is 3.82. The molecule has 3 nitrogen and oxygen atoms in total. The third kappa shape index (κ3) is 2.70. The van der Waals surface area contributed by atoms with Crippen molar-refractivity contribution in [3.05, 3.63) is 28.2 Å². The first-order valence-electron chi connectivity index (χ1n) is 4.29. The van der Waals surface area contributed by atoms with Crippen LogP contribution < -0.4 is 4.74 Å². The van der Waals surface area contributed by atoms with Crippen LogP contribution in [0.2, 0.25) is 0 Å². The predicted octanol–water partition coefficient (Wildman–Crippen LogP) is 1.35. The lowest BCUT2D eigenvalue weighted by Gasteiger charge is -2.12. The van der Waals surface area contributed by atoms with Crippen molar-refractivity contribution in [2.75, 3.05) is 13.7 Å². The molecule has 1 aromatic carbocycles. The summed E-state index contributed by atoms with van der Waals surface area (Å²) in [4.78, 5) is 0. The highest BCUT2D eigenvalue weighted by atomic mass is 79.9. The monoisotopic (exact) mass is 260 g/mol. The number of benzene rings is 1. The molecular formula is C10H13BrO3. The highest BCUT2D eigenvalue weighted by Gasteiger charge is 2.11. The molecule has 0 bridgehead atoms. The summed E-state index contributed by atoms with van der Waals surface area (Å²) in [6.07, 6.45) is -0.372. The molecule has 1 rings (SSSR count). The predicted molar refractivity (Wildman–Crippen MR) is 57.5 cm³/mol. The number of aliphatic hydroxyl groups excluding tert-OH is 2. The van der Waals surface area contributed by atoms with Crippen LogP contribution in [0.1, 0.15) is 5.56 Å². The first-order valence-corrected chi connectivity index (χ1v) is 5.08. The summed E-state index contributed by atoms with van der Waals surface area (Å²) >= 11 is 3.37. The normalized spacial score (nSPS) is 12.6. The third-order valence-electron chi connectivity index (χ3n) is 1.95. The van der Waals surface area contributed by atoms with Crippen LogP contribution in [-0.4, -0.2) is 30.0 Å². The largest absolute Gasteiger partial charge is 0.496 e. The van der Waals surface area contributed by atoms with Gasteiger partial charge in [0.25, 0.3) is 0 Å². The summed E-state index contributed by atoms with van der Waals surface area (Å²) in [5.74, 6) is 0.715. The van der Waals surface area contributed by atoms with E-state index in [1.54, 1.807) is 7.11 Å². The van der Waals surface area contributed by atoms with Crippen molar-refractivity contribution in [2.45, 2.75) is 12.5 Å². The lowest BCUT2D eigenvalue weighted by molar-refractivity contribution is 0.0948. The van der Waals surface area contributed by atoms with E-state index >= 15 is 0 Å². The van der Waals surface area contributed by atoms with Crippen LogP contribution in [0.25, 0.3) is 0 Å². The molecule has 0 aliphatic heterocycles. The SMILES string of the molecule is COc1cccc(Br)c1CC(O)CO. The van der Waals surface area contributed by atoms with E-state index in [4.69, 9.17) is 9.84 Å². The van der Waals surface area contributed by atoms with E-state index in [-0.39, 0.29) is 6.61 Å². The summed E-state index contributed by atoms with van der Waals surface area (Å²) < 4.78 is 6.03. The summed E-state index contributed by atoms with van der Waals surface area (Å²) in [6.45, 7) is -0.246. The van der Waals surface area contributed by atoms with E-state index in [0.29, 0.717) is 12.2 Å². The van der Waals surface area contributed by atoms with Crippen LogP contribution in [0, 0.1) is 0 Å². The Hall–Kier alpha value is -0.580. The van der Waals surface area contributed by atoms with Crippen LogP contribution in [0.15, 0.2) is 22.7 Å². The third-order valence-corrected chi connectivity index (χ3v) is 2.69. The van der Waals surface area contributed by atoms with Crippen molar-refractivity contribution >= 4 is 15.9 Å². The zero-order valence-electron chi connectivity index (χ0n) is 7.90. The van der Waals surface area contributed by atoms with Crippen LogP contribution >= 0.6 is 15.9 Å². The fraction of sp³-hybridized carbons (Fsp3) is 0.400. The lowest BCUT2D eigenvalue weighted by Crippen LogP contribution is -2.15. The molecule has 0 heterocycles. The number of aliphatic hydroxyl groups is 2. The van der Waals surface area contributed by atoms with Gasteiger partial charge in [0.2, 0.25) is 0 Å². The van der Waals surface area contributed by atoms with Crippen LogP contribution in [0.5, 0.6) is 5.75 Å². The second-order valence-electron chi connectivity index (χ2n) is 2.96. The molecule has 0 aliphatic rings. The quantitative estimate of drug-likeness (QED) is 0.860. The molecule has 2 N–H and O–H groups in total. The molecule has 1 atom stereocenters. The van der Waals surface area contributed by atoms with E-state index in [0.717, 1.165) is 10.0 Å². The van der Waals surface area contributed by atoms with Gasteiger partial charge in [-0.25, -0.2) is 0 Å². The van der Waals surface area contributed by atoms with E-state index in [9.17, 15) is 5.11 Å². The van der Waals surface area contributed by atoms with Gasteiger partial charge in [0.15, 0.2) is 0 Å². The van der Waals surface area contributed by atoms with Gasteiger partial charge < -0.3 is 14.9 Å². The molecule has 1 aromatic rings. The van der Waals surface area contributed by atoms with Crippen molar-refractivity contribution in [3.8, 4) is 5.75 Å². The Morgan fingerprint density at radius 3 is 2.79 bits per heavy atom. The first-order chi connectivity index (χ1) is 6.69. The number of hydrogen-bond acceptors (Lipinski definition) is 3. The number of ether oxygens (including phenoxy) is 1. The van der Waals surface area contributed by atoms with E-state index in [1.165, 1.54) is 0 Å². The maximum Gasteiger partial charge on any atom is 0.123 e. The fourth-order valence-corrected chi connectivity index (χ4v) is 1.74. The zero-order chi connectivity index (χ0) is 10.6. The van der Waals surface area contributed by atoms with Crippen LogP contribution in [-0.2, 0) is 6.42 Å². The smallest absolute Gasteiger partial charge is 0.123 e. The molecule has 0 radical (unpaired) electrons.